The van der Waals surface area contributed by atoms with Gasteiger partial charge in [-0.25, -0.2) is 9.50 Å². The number of rotatable bonds is 23. The summed E-state index contributed by atoms with van der Waals surface area (Å²) in [5, 5.41) is 27.5. The molecule has 352 valence electrons. The number of nitrogens with zero attached hydrogens (tertiary/aromatic N) is 9. The number of hydrogen-bond donors (Lipinski definition) is 0. The van der Waals surface area contributed by atoms with E-state index < -0.39 is 0 Å². The molecule has 0 atom stereocenters. The zero-order valence-corrected chi connectivity index (χ0v) is 39.0. The highest BCUT2D eigenvalue weighted by atomic mass is 16.5. The number of aryl methyl sites for hydroxylation is 4. The molecule has 7 aromatic heterocycles. The SMILES string of the molecule is COCCCCc1cccc[n+]1[O-].COCCCCc1ccccn1.COCCCOc1ccccn1.COCCCc1nnc2ccccn12.COCCCc1nnn2ccccc12. The first-order valence-corrected chi connectivity index (χ1v) is 22.2. The molecule has 0 aliphatic carbocycles. The standard InChI is InChI=1S/2C10H13N3O.C10H15NO2.C10H15NO.C9H13NO2/c1-14-8-4-5-9-10-6-2-3-7-13(10)12-11-9;1-14-8-4-6-10-12-11-9-5-2-3-7-13(9)10;1-13-9-5-3-7-10-6-2-4-8-11(10)12;1-12-9-5-3-7-10-6-2-4-8-11-10;1-11-7-4-8-12-9-5-2-3-6-10-9/h2-3,6-7H,4-5,8H2,1H3;2-3,5,7H,4,6,8H2,1H3;2,4,6,8H,3,5,7,9H2,1H3;2,4,6,8H,3,5,7,9H2,1H3;2-3,5-6H,4,7-8H2,1H3. The second-order valence-corrected chi connectivity index (χ2v) is 14.4. The van der Waals surface area contributed by atoms with Crippen molar-refractivity contribution in [1.29, 1.82) is 0 Å². The van der Waals surface area contributed by atoms with Gasteiger partial charge in [-0.15, -0.1) is 15.3 Å². The Morgan fingerprint density at radius 2 is 1.15 bits per heavy atom. The van der Waals surface area contributed by atoms with Crippen LogP contribution in [0.1, 0.15) is 67.9 Å². The molecule has 0 saturated carbocycles. The highest BCUT2D eigenvalue weighted by Crippen LogP contribution is 2.09. The minimum absolute atomic E-state index is 0.658. The molecule has 0 unspecified atom stereocenters. The van der Waals surface area contributed by atoms with Gasteiger partial charge in [0.25, 0.3) is 0 Å². The van der Waals surface area contributed by atoms with Gasteiger partial charge in [0.2, 0.25) is 5.88 Å². The minimum Gasteiger partial charge on any atom is -0.619 e. The van der Waals surface area contributed by atoms with E-state index in [1.807, 2.05) is 102 Å². The van der Waals surface area contributed by atoms with Gasteiger partial charge >= 0.3 is 0 Å². The lowest BCUT2D eigenvalue weighted by molar-refractivity contribution is -0.614. The average molecular weight is 896 g/mol. The first-order chi connectivity index (χ1) is 32.0. The number of aromatic nitrogens is 9. The fourth-order valence-electron chi connectivity index (χ4n) is 6.01. The Balaban J connectivity index is 0.000000216. The van der Waals surface area contributed by atoms with Crippen molar-refractivity contribution in [3.63, 3.8) is 0 Å². The zero-order chi connectivity index (χ0) is 46.4. The van der Waals surface area contributed by atoms with Gasteiger partial charge < -0.3 is 33.6 Å². The second-order valence-electron chi connectivity index (χ2n) is 14.4. The molecule has 7 rings (SSSR count). The molecule has 0 aliphatic heterocycles. The molecule has 16 nitrogen and oxygen atoms in total. The van der Waals surface area contributed by atoms with Gasteiger partial charge in [-0.3, -0.25) is 9.38 Å². The van der Waals surface area contributed by atoms with Gasteiger partial charge in [0.05, 0.1) is 17.8 Å². The molecule has 0 N–H and O–H groups in total. The smallest absolute Gasteiger partial charge is 0.213 e. The number of hydrogen-bond acceptors (Lipinski definition) is 13. The largest absolute Gasteiger partial charge is 0.619 e. The molecule has 0 spiro atoms. The summed E-state index contributed by atoms with van der Waals surface area (Å²) in [6.07, 6.45) is 19.8. The topological polar surface area (TPSA) is 168 Å². The fourth-order valence-corrected chi connectivity index (χ4v) is 6.01. The van der Waals surface area contributed by atoms with E-state index in [2.05, 4.69) is 36.5 Å². The predicted octanol–water partition coefficient (Wildman–Crippen LogP) is 7.45. The van der Waals surface area contributed by atoms with E-state index in [0.29, 0.717) is 12.5 Å². The Morgan fingerprint density at radius 1 is 0.523 bits per heavy atom. The van der Waals surface area contributed by atoms with E-state index in [0.717, 1.165) is 137 Å². The van der Waals surface area contributed by atoms with Gasteiger partial charge in [-0.05, 0) is 93.8 Å². The van der Waals surface area contributed by atoms with Crippen LogP contribution in [0.2, 0.25) is 0 Å². The summed E-state index contributed by atoms with van der Waals surface area (Å²) in [7, 11) is 8.53. The summed E-state index contributed by atoms with van der Waals surface area (Å²) in [4.78, 5) is 8.25. The minimum atomic E-state index is 0.658. The van der Waals surface area contributed by atoms with Crippen LogP contribution in [0.3, 0.4) is 0 Å². The monoisotopic (exact) mass is 896 g/mol. The zero-order valence-electron chi connectivity index (χ0n) is 39.0. The van der Waals surface area contributed by atoms with Crippen LogP contribution in [-0.2, 0) is 49.4 Å². The van der Waals surface area contributed by atoms with E-state index in [4.69, 9.17) is 28.4 Å². The summed E-state index contributed by atoms with van der Waals surface area (Å²) >= 11 is 0. The van der Waals surface area contributed by atoms with E-state index >= 15 is 0 Å². The Kier molecular flexibility index (Phi) is 29.1. The van der Waals surface area contributed by atoms with Crippen molar-refractivity contribution in [1.82, 2.24) is 39.4 Å². The molecule has 0 aliphatic rings. The number of ether oxygens (including phenoxy) is 6. The molecule has 7 heterocycles. The number of methoxy groups -OCH3 is 5. The lowest BCUT2D eigenvalue weighted by Crippen LogP contribution is -2.30. The van der Waals surface area contributed by atoms with Crippen LogP contribution in [0.15, 0.2) is 122 Å². The van der Waals surface area contributed by atoms with Gasteiger partial charge in [0.1, 0.15) is 5.82 Å². The molecular weight excluding hydrogens is 827 g/mol. The maximum absolute atomic E-state index is 11.2. The Bertz CT molecular complexity index is 2050. The second kappa shape index (κ2) is 35.4. The predicted molar refractivity (Wildman–Crippen MR) is 252 cm³/mol. The molecule has 0 fully saturated rings. The number of pyridine rings is 5. The van der Waals surface area contributed by atoms with Crippen LogP contribution in [0.5, 0.6) is 5.88 Å². The van der Waals surface area contributed by atoms with E-state index in [-0.39, 0.29) is 0 Å². The normalized spacial score (nSPS) is 10.4. The van der Waals surface area contributed by atoms with Crippen LogP contribution in [0, 0.1) is 5.21 Å². The van der Waals surface area contributed by atoms with E-state index in [1.54, 1.807) is 52.3 Å². The third-order valence-electron chi connectivity index (χ3n) is 9.37. The van der Waals surface area contributed by atoms with Crippen LogP contribution < -0.4 is 9.47 Å². The lowest BCUT2D eigenvalue weighted by Gasteiger charge is -2.03. The molecule has 16 heteroatoms. The lowest BCUT2D eigenvalue weighted by atomic mass is 10.2. The Hall–Kier alpha value is -5.91. The molecule has 7 aromatic rings. The number of unbranched alkanes of at least 4 members (excludes halogenated alkanes) is 2. The van der Waals surface area contributed by atoms with Crippen molar-refractivity contribution in [2.75, 3.05) is 75.2 Å². The average Bonchev–Trinajstić information content (AvgIpc) is 3.97. The fraction of sp³-hybridized carbons (Fsp3) is 0.449. The third-order valence-corrected chi connectivity index (χ3v) is 9.37. The quantitative estimate of drug-likeness (QED) is 0.0353. The van der Waals surface area contributed by atoms with Crippen molar-refractivity contribution in [2.24, 2.45) is 0 Å². The van der Waals surface area contributed by atoms with Gasteiger partial charge in [0.15, 0.2) is 17.5 Å². The molecule has 65 heavy (non-hydrogen) atoms. The van der Waals surface area contributed by atoms with Crippen molar-refractivity contribution in [3.8, 4) is 5.88 Å². The van der Waals surface area contributed by atoms with Crippen LogP contribution in [0.4, 0.5) is 0 Å². The summed E-state index contributed by atoms with van der Waals surface area (Å²) < 4.78 is 34.8. The van der Waals surface area contributed by atoms with Crippen molar-refractivity contribution < 1.29 is 33.2 Å². The maximum Gasteiger partial charge on any atom is 0.213 e. The summed E-state index contributed by atoms with van der Waals surface area (Å²) in [5.74, 6) is 1.67. The van der Waals surface area contributed by atoms with Gasteiger partial charge in [0, 0.05) is 137 Å². The highest BCUT2D eigenvalue weighted by Gasteiger charge is 2.05. The maximum atomic E-state index is 11.2. The van der Waals surface area contributed by atoms with Crippen LogP contribution in [-0.4, -0.2) is 115 Å². The highest BCUT2D eigenvalue weighted by molar-refractivity contribution is 5.50. The first-order valence-electron chi connectivity index (χ1n) is 22.2. The van der Waals surface area contributed by atoms with Crippen molar-refractivity contribution >= 4 is 11.2 Å². The van der Waals surface area contributed by atoms with Crippen LogP contribution >= 0.6 is 0 Å². The van der Waals surface area contributed by atoms with Gasteiger partial charge in [-0.2, -0.15) is 4.73 Å². The molecule has 0 saturated heterocycles. The summed E-state index contributed by atoms with van der Waals surface area (Å²) in [6.45, 7) is 4.55. The van der Waals surface area contributed by atoms with E-state index in [9.17, 15) is 5.21 Å². The number of fused-ring (bicyclic) bond motifs is 2. The molecular formula is C49H69N9O7. The van der Waals surface area contributed by atoms with Crippen molar-refractivity contribution in [2.45, 2.75) is 70.6 Å². The molecule has 0 amide bonds. The third kappa shape index (κ3) is 23.0. The Labute approximate surface area is 384 Å². The molecule has 0 radical (unpaired) electrons. The molecule has 0 bridgehead atoms. The first kappa shape index (κ1) is 53.4. The van der Waals surface area contributed by atoms with Crippen LogP contribution in [0.25, 0.3) is 11.2 Å². The summed E-state index contributed by atoms with van der Waals surface area (Å²) in [5.41, 5.74) is 5.04. The van der Waals surface area contributed by atoms with Crippen molar-refractivity contribution in [3.05, 3.63) is 150 Å². The molecule has 0 aromatic carbocycles. The Morgan fingerprint density at radius 3 is 1.85 bits per heavy atom. The van der Waals surface area contributed by atoms with Gasteiger partial charge in [-0.1, -0.05) is 35.5 Å². The van der Waals surface area contributed by atoms with E-state index in [1.165, 1.54) is 11.9 Å². The summed E-state index contributed by atoms with van der Waals surface area (Å²) in [6, 6.07) is 29.0.